The van der Waals surface area contributed by atoms with Crippen molar-refractivity contribution >= 4 is 17.5 Å². The summed E-state index contributed by atoms with van der Waals surface area (Å²) in [5.41, 5.74) is 3.93. The van der Waals surface area contributed by atoms with E-state index in [9.17, 15) is 14.0 Å². The fourth-order valence-corrected chi connectivity index (χ4v) is 4.16. The highest BCUT2D eigenvalue weighted by atomic mass is 19.1. The number of rotatable bonds is 7. The van der Waals surface area contributed by atoms with E-state index >= 15 is 0 Å². The Hall–Kier alpha value is -4.25. The van der Waals surface area contributed by atoms with Crippen LogP contribution in [0.3, 0.4) is 0 Å². The number of nitrogens with zero attached hydrogens (tertiary/aromatic N) is 1. The molecule has 2 amide bonds. The third kappa shape index (κ3) is 5.46. The number of carbonyl (C=O) groups is 2. The molecule has 0 radical (unpaired) electrons. The molecule has 0 spiro atoms. The second kappa shape index (κ2) is 10.8. The molecule has 176 valence electrons. The van der Waals surface area contributed by atoms with Gasteiger partial charge in [0.1, 0.15) is 11.9 Å². The Bertz CT molecular complexity index is 1300. The molecule has 0 saturated carbocycles. The van der Waals surface area contributed by atoms with Crippen LogP contribution in [0.25, 0.3) is 0 Å². The molecule has 4 aromatic carbocycles. The lowest BCUT2D eigenvalue weighted by molar-refractivity contribution is -0.121. The number of aryl methyl sites for hydroxylation is 2. The third-order valence-corrected chi connectivity index (χ3v) is 5.97. The van der Waals surface area contributed by atoms with E-state index in [0.29, 0.717) is 11.3 Å². The number of para-hydroxylation sites is 1. The van der Waals surface area contributed by atoms with E-state index in [0.717, 1.165) is 16.7 Å². The van der Waals surface area contributed by atoms with Gasteiger partial charge in [0.05, 0.1) is 5.56 Å². The summed E-state index contributed by atoms with van der Waals surface area (Å²) >= 11 is 0. The average Bonchev–Trinajstić information content (AvgIpc) is 2.87. The normalized spacial score (nSPS) is 11.5. The van der Waals surface area contributed by atoms with Gasteiger partial charge in [-0.25, -0.2) is 4.39 Å². The van der Waals surface area contributed by atoms with Crippen LogP contribution in [0.4, 0.5) is 10.1 Å². The predicted octanol–water partition coefficient (Wildman–Crippen LogP) is 6.46. The van der Waals surface area contributed by atoms with E-state index in [1.807, 2.05) is 92.7 Å². The van der Waals surface area contributed by atoms with Gasteiger partial charge >= 0.3 is 0 Å². The number of hydrogen-bond acceptors (Lipinski definition) is 2. The maximum atomic E-state index is 14.7. The fourth-order valence-electron chi connectivity index (χ4n) is 4.16. The van der Waals surface area contributed by atoms with E-state index in [4.69, 9.17) is 0 Å². The minimum atomic E-state index is -0.984. The Morgan fingerprint density at radius 2 is 1.34 bits per heavy atom. The molecule has 1 atom stereocenters. The van der Waals surface area contributed by atoms with Crippen molar-refractivity contribution in [2.75, 3.05) is 5.32 Å². The average molecular weight is 467 g/mol. The number of amides is 2. The molecule has 4 rings (SSSR count). The lowest BCUT2D eigenvalue weighted by Crippen LogP contribution is -2.41. The smallest absolute Gasteiger partial charge is 0.258 e. The van der Waals surface area contributed by atoms with Crippen molar-refractivity contribution in [2.24, 2.45) is 0 Å². The van der Waals surface area contributed by atoms with Gasteiger partial charge in [-0.3, -0.25) is 9.59 Å². The highest BCUT2D eigenvalue weighted by Gasteiger charge is 2.33. The fraction of sp³-hybridized carbons (Fsp3) is 0.133. The van der Waals surface area contributed by atoms with Crippen molar-refractivity contribution in [3.05, 3.63) is 137 Å². The summed E-state index contributed by atoms with van der Waals surface area (Å²) in [5.74, 6) is -1.55. The van der Waals surface area contributed by atoms with Crippen LogP contribution in [0.15, 0.2) is 103 Å². The second-order valence-electron chi connectivity index (χ2n) is 8.47. The summed E-state index contributed by atoms with van der Waals surface area (Å²) in [6.45, 7) is 3.98. The standard InChI is InChI=1S/C30H27FN2O2/c1-21-12-11-13-22(2)27(21)32-29(34)28(24-16-7-4-8-17-24)33(20-23-14-5-3-6-15-23)30(35)25-18-9-10-19-26(25)31/h3-19,28H,20H2,1-2H3,(H,32,34). The minimum absolute atomic E-state index is 0.0794. The molecule has 0 bridgehead atoms. The highest BCUT2D eigenvalue weighted by Crippen LogP contribution is 2.29. The number of benzene rings is 4. The van der Waals surface area contributed by atoms with E-state index in [-0.39, 0.29) is 18.0 Å². The van der Waals surface area contributed by atoms with Crippen LogP contribution in [-0.4, -0.2) is 16.7 Å². The molecular weight excluding hydrogens is 439 g/mol. The summed E-state index contributed by atoms with van der Waals surface area (Å²) in [4.78, 5) is 29.1. The molecule has 0 aliphatic heterocycles. The first kappa shape index (κ1) is 23.9. The quantitative estimate of drug-likeness (QED) is 0.340. The van der Waals surface area contributed by atoms with Crippen molar-refractivity contribution in [3.8, 4) is 0 Å². The second-order valence-corrected chi connectivity index (χ2v) is 8.47. The minimum Gasteiger partial charge on any atom is -0.323 e. The first-order valence-corrected chi connectivity index (χ1v) is 11.5. The maximum absolute atomic E-state index is 14.7. The number of hydrogen-bond donors (Lipinski definition) is 1. The summed E-state index contributed by atoms with van der Waals surface area (Å²) in [6, 6.07) is 29.1. The zero-order valence-corrected chi connectivity index (χ0v) is 19.7. The SMILES string of the molecule is Cc1cccc(C)c1NC(=O)C(c1ccccc1)N(Cc1ccccc1)C(=O)c1ccccc1F. The van der Waals surface area contributed by atoms with E-state index in [2.05, 4.69) is 5.32 Å². The van der Waals surface area contributed by atoms with Gasteiger partial charge in [0.15, 0.2) is 0 Å². The molecule has 4 nitrogen and oxygen atoms in total. The Morgan fingerprint density at radius 1 is 0.771 bits per heavy atom. The molecular formula is C30H27FN2O2. The molecule has 35 heavy (non-hydrogen) atoms. The van der Waals surface area contributed by atoms with Crippen molar-refractivity contribution in [1.29, 1.82) is 0 Å². The molecule has 0 heterocycles. The highest BCUT2D eigenvalue weighted by molar-refractivity contribution is 6.02. The number of nitrogens with one attached hydrogen (secondary N) is 1. The van der Waals surface area contributed by atoms with Crippen molar-refractivity contribution in [3.63, 3.8) is 0 Å². The van der Waals surface area contributed by atoms with E-state index < -0.39 is 17.8 Å². The first-order chi connectivity index (χ1) is 17.0. The summed E-state index contributed by atoms with van der Waals surface area (Å²) < 4.78 is 14.7. The molecule has 0 saturated heterocycles. The molecule has 1 N–H and O–H groups in total. The van der Waals surface area contributed by atoms with Crippen molar-refractivity contribution in [1.82, 2.24) is 4.90 Å². The van der Waals surface area contributed by atoms with E-state index in [1.54, 1.807) is 6.07 Å². The number of halogens is 1. The van der Waals surface area contributed by atoms with Crippen LogP contribution in [0.5, 0.6) is 0 Å². The van der Waals surface area contributed by atoms with Crippen LogP contribution in [0, 0.1) is 19.7 Å². The summed E-state index contributed by atoms with van der Waals surface area (Å²) in [5, 5.41) is 3.04. The number of anilines is 1. The first-order valence-electron chi connectivity index (χ1n) is 11.5. The van der Waals surface area contributed by atoms with Gasteiger partial charge in [0.25, 0.3) is 11.8 Å². The Labute approximate surface area is 205 Å². The van der Waals surface area contributed by atoms with Crippen LogP contribution in [0.2, 0.25) is 0 Å². The molecule has 1 unspecified atom stereocenters. The van der Waals surface area contributed by atoms with Gasteiger partial charge < -0.3 is 10.2 Å². The van der Waals surface area contributed by atoms with Crippen LogP contribution >= 0.6 is 0 Å². The zero-order valence-electron chi connectivity index (χ0n) is 19.7. The molecule has 0 aliphatic rings. The van der Waals surface area contributed by atoms with Gasteiger partial charge in [-0.05, 0) is 48.2 Å². The van der Waals surface area contributed by atoms with Gasteiger partial charge in [-0.1, -0.05) is 91.0 Å². The topological polar surface area (TPSA) is 49.4 Å². The van der Waals surface area contributed by atoms with Crippen LogP contribution in [0.1, 0.15) is 38.7 Å². The van der Waals surface area contributed by atoms with Gasteiger partial charge in [-0.15, -0.1) is 0 Å². The molecule has 5 heteroatoms. The Morgan fingerprint density at radius 3 is 1.97 bits per heavy atom. The van der Waals surface area contributed by atoms with Gasteiger partial charge in [0.2, 0.25) is 0 Å². The molecule has 0 aromatic heterocycles. The summed E-state index contributed by atoms with van der Waals surface area (Å²) in [7, 11) is 0. The molecule has 0 aliphatic carbocycles. The maximum Gasteiger partial charge on any atom is 0.258 e. The van der Waals surface area contributed by atoms with Crippen LogP contribution in [-0.2, 0) is 11.3 Å². The Kier molecular flexibility index (Phi) is 7.36. The van der Waals surface area contributed by atoms with Crippen molar-refractivity contribution in [2.45, 2.75) is 26.4 Å². The van der Waals surface area contributed by atoms with Crippen molar-refractivity contribution < 1.29 is 14.0 Å². The van der Waals surface area contributed by atoms with Crippen LogP contribution < -0.4 is 5.32 Å². The largest absolute Gasteiger partial charge is 0.323 e. The van der Waals surface area contributed by atoms with Gasteiger partial charge in [0, 0.05) is 12.2 Å². The lowest BCUT2D eigenvalue weighted by Gasteiger charge is -2.32. The third-order valence-electron chi connectivity index (χ3n) is 5.97. The van der Waals surface area contributed by atoms with Gasteiger partial charge in [-0.2, -0.15) is 0 Å². The molecule has 0 fully saturated rings. The lowest BCUT2D eigenvalue weighted by atomic mass is 10.0. The van der Waals surface area contributed by atoms with E-state index in [1.165, 1.54) is 23.1 Å². The predicted molar refractivity (Wildman–Crippen MR) is 136 cm³/mol. The zero-order chi connectivity index (χ0) is 24.8. The summed E-state index contributed by atoms with van der Waals surface area (Å²) in [6.07, 6.45) is 0. The monoisotopic (exact) mass is 466 g/mol. The molecule has 4 aromatic rings. The Balaban J connectivity index is 1.82. The number of carbonyl (C=O) groups excluding carboxylic acids is 2.